The number of carboxylic acids is 1. The molecule has 0 heterocycles. The standard InChI is InChI=1S/C10H16O4/c1-6(11)14-8-4-7(5-9(12)13)10(8,2)3/h7-8H,4-5H2,1-3H3,(H,12,13)/t7-,8-/m1/s1. The van der Waals surface area contributed by atoms with Gasteiger partial charge in [-0.1, -0.05) is 13.8 Å². The van der Waals surface area contributed by atoms with Gasteiger partial charge in [0.25, 0.3) is 0 Å². The minimum Gasteiger partial charge on any atom is -0.481 e. The maximum Gasteiger partial charge on any atom is 0.303 e. The van der Waals surface area contributed by atoms with E-state index in [4.69, 9.17) is 9.84 Å². The highest BCUT2D eigenvalue weighted by molar-refractivity contribution is 5.68. The highest BCUT2D eigenvalue weighted by atomic mass is 16.5. The van der Waals surface area contributed by atoms with Crippen molar-refractivity contribution in [1.29, 1.82) is 0 Å². The second kappa shape index (κ2) is 3.59. The fraction of sp³-hybridized carbons (Fsp3) is 0.800. The third-order valence-electron chi connectivity index (χ3n) is 3.11. The van der Waals surface area contributed by atoms with Gasteiger partial charge in [0.05, 0.1) is 0 Å². The number of carbonyl (C=O) groups excluding carboxylic acids is 1. The van der Waals surface area contributed by atoms with E-state index in [1.807, 2.05) is 13.8 Å². The molecular formula is C10H16O4. The number of hydrogen-bond acceptors (Lipinski definition) is 3. The number of hydrogen-bond donors (Lipinski definition) is 1. The zero-order valence-electron chi connectivity index (χ0n) is 8.74. The zero-order valence-corrected chi connectivity index (χ0v) is 8.74. The quantitative estimate of drug-likeness (QED) is 0.700. The van der Waals surface area contributed by atoms with Gasteiger partial charge in [-0.2, -0.15) is 0 Å². The molecule has 0 unspecified atom stereocenters. The van der Waals surface area contributed by atoms with Gasteiger partial charge in [-0.25, -0.2) is 0 Å². The summed E-state index contributed by atoms with van der Waals surface area (Å²) in [5.74, 6) is -0.967. The van der Waals surface area contributed by atoms with Gasteiger partial charge >= 0.3 is 11.9 Å². The Bertz CT molecular complexity index is 233. The van der Waals surface area contributed by atoms with Gasteiger partial charge < -0.3 is 9.84 Å². The molecule has 14 heavy (non-hydrogen) atoms. The van der Waals surface area contributed by atoms with Crippen LogP contribution < -0.4 is 0 Å². The number of carboxylic acid groups (broad SMARTS) is 1. The predicted molar refractivity (Wildman–Crippen MR) is 49.7 cm³/mol. The minimum absolute atomic E-state index is 0.115. The highest BCUT2D eigenvalue weighted by Gasteiger charge is 2.50. The molecule has 0 aromatic rings. The summed E-state index contributed by atoms with van der Waals surface area (Å²) in [5.41, 5.74) is -0.204. The lowest BCUT2D eigenvalue weighted by Gasteiger charge is -2.50. The Morgan fingerprint density at radius 3 is 2.43 bits per heavy atom. The molecule has 0 bridgehead atoms. The number of esters is 1. The van der Waals surface area contributed by atoms with Crippen molar-refractivity contribution >= 4 is 11.9 Å². The largest absolute Gasteiger partial charge is 0.481 e. The van der Waals surface area contributed by atoms with E-state index < -0.39 is 5.97 Å². The Labute approximate surface area is 83.2 Å². The summed E-state index contributed by atoms with van der Waals surface area (Å²) in [6.07, 6.45) is 0.702. The predicted octanol–water partition coefficient (Wildman–Crippen LogP) is 1.44. The molecule has 0 amide bonds. The van der Waals surface area contributed by atoms with E-state index in [2.05, 4.69) is 0 Å². The Kier molecular flexibility index (Phi) is 2.83. The van der Waals surface area contributed by atoms with Crippen molar-refractivity contribution in [2.45, 2.75) is 39.7 Å². The fourth-order valence-corrected chi connectivity index (χ4v) is 1.93. The van der Waals surface area contributed by atoms with Crippen LogP contribution in [0.5, 0.6) is 0 Å². The first-order valence-electron chi connectivity index (χ1n) is 4.73. The molecule has 1 N–H and O–H groups in total. The van der Waals surface area contributed by atoms with Gasteiger partial charge in [-0.15, -0.1) is 0 Å². The van der Waals surface area contributed by atoms with E-state index in [9.17, 15) is 9.59 Å². The molecule has 0 radical (unpaired) electrons. The molecule has 4 heteroatoms. The van der Waals surface area contributed by atoms with E-state index in [1.54, 1.807) is 0 Å². The van der Waals surface area contributed by atoms with Gasteiger partial charge in [-0.3, -0.25) is 9.59 Å². The average molecular weight is 200 g/mol. The van der Waals surface area contributed by atoms with Crippen LogP contribution in [0.3, 0.4) is 0 Å². The van der Waals surface area contributed by atoms with Crippen molar-refractivity contribution in [3.05, 3.63) is 0 Å². The average Bonchev–Trinajstić information content (AvgIpc) is 2.01. The third kappa shape index (κ3) is 2.05. The van der Waals surface area contributed by atoms with Crippen LogP contribution in [-0.2, 0) is 14.3 Å². The summed E-state index contributed by atoms with van der Waals surface area (Å²) in [6.45, 7) is 5.26. The lowest BCUT2D eigenvalue weighted by Crippen LogP contribution is -2.51. The molecule has 1 aliphatic rings. The SMILES string of the molecule is CC(=O)O[C@@H]1C[C@H](CC(=O)O)C1(C)C. The fourth-order valence-electron chi connectivity index (χ4n) is 1.93. The Morgan fingerprint density at radius 1 is 1.50 bits per heavy atom. The van der Waals surface area contributed by atoms with Crippen LogP contribution in [0, 0.1) is 11.3 Å². The third-order valence-corrected chi connectivity index (χ3v) is 3.11. The number of ether oxygens (including phenoxy) is 1. The van der Waals surface area contributed by atoms with E-state index in [1.165, 1.54) is 6.92 Å². The molecule has 1 saturated carbocycles. The summed E-state index contributed by atoms with van der Waals surface area (Å²) in [6, 6.07) is 0. The van der Waals surface area contributed by atoms with Crippen molar-refractivity contribution < 1.29 is 19.4 Å². The summed E-state index contributed by atoms with van der Waals surface area (Å²) in [7, 11) is 0. The van der Waals surface area contributed by atoms with Crippen LogP contribution >= 0.6 is 0 Å². The molecule has 80 valence electrons. The molecule has 4 nitrogen and oxygen atoms in total. The van der Waals surface area contributed by atoms with Gasteiger partial charge in [0.15, 0.2) is 0 Å². The van der Waals surface area contributed by atoms with Gasteiger partial charge in [0.1, 0.15) is 6.10 Å². The van der Waals surface area contributed by atoms with Gasteiger partial charge in [0, 0.05) is 18.8 Å². The van der Waals surface area contributed by atoms with E-state index in [0.29, 0.717) is 6.42 Å². The van der Waals surface area contributed by atoms with Crippen LogP contribution in [0.15, 0.2) is 0 Å². The maximum atomic E-state index is 10.7. The van der Waals surface area contributed by atoms with Gasteiger partial charge in [0.2, 0.25) is 0 Å². The van der Waals surface area contributed by atoms with Crippen LogP contribution in [0.1, 0.15) is 33.6 Å². The Balaban J connectivity index is 2.50. The molecule has 0 saturated heterocycles. The second-order valence-corrected chi connectivity index (χ2v) is 4.45. The molecule has 1 fully saturated rings. The van der Waals surface area contributed by atoms with Crippen molar-refractivity contribution in [2.75, 3.05) is 0 Å². The van der Waals surface area contributed by atoms with E-state index >= 15 is 0 Å². The topological polar surface area (TPSA) is 63.6 Å². The molecule has 0 aromatic heterocycles. The Morgan fingerprint density at radius 2 is 2.07 bits per heavy atom. The lowest BCUT2D eigenvalue weighted by molar-refractivity contribution is -0.177. The molecule has 0 aliphatic heterocycles. The molecule has 0 spiro atoms. The second-order valence-electron chi connectivity index (χ2n) is 4.45. The number of rotatable bonds is 3. The van der Waals surface area contributed by atoms with Crippen molar-refractivity contribution in [3.8, 4) is 0 Å². The molecule has 2 atom stereocenters. The van der Waals surface area contributed by atoms with E-state index in [0.717, 1.165) is 0 Å². The van der Waals surface area contributed by atoms with E-state index in [-0.39, 0.29) is 29.8 Å². The first kappa shape index (κ1) is 11.0. The van der Waals surface area contributed by atoms with Crippen molar-refractivity contribution in [1.82, 2.24) is 0 Å². The summed E-state index contributed by atoms with van der Waals surface area (Å²) < 4.78 is 5.08. The molecule has 1 rings (SSSR count). The smallest absolute Gasteiger partial charge is 0.303 e. The summed E-state index contributed by atoms with van der Waals surface area (Å²) in [4.78, 5) is 21.2. The van der Waals surface area contributed by atoms with Crippen LogP contribution in [0.4, 0.5) is 0 Å². The maximum absolute atomic E-state index is 10.7. The zero-order chi connectivity index (χ0) is 10.9. The van der Waals surface area contributed by atoms with Crippen molar-refractivity contribution in [3.63, 3.8) is 0 Å². The monoisotopic (exact) mass is 200 g/mol. The molecule has 0 aromatic carbocycles. The van der Waals surface area contributed by atoms with Crippen molar-refractivity contribution in [2.24, 2.45) is 11.3 Å². The molecular weight excluding hydrogens is 184 g/mol. The van der Waals surface area contributed by atoms with Gasteiger partial charge in [-0.05, 0) is 12.3 Å². The lowest BCUT2D eigenvalue weighted by atomic mass is 9.59. The first-order chi connectivity index (χ1) is 6.34. The normalized spacial score (nSPS) is 29.1. The minimum atomic E-state index is -0.788. The summed E-state index contributed by atoms with van der Waals surface area (Å²) in [5, 5.41) is 8.64. The first-order valence-corrected chi connectivity index (χ1v) is 4.73. The number of aliphatic carboxylic acids is 1. The van der Waals surface area contributed by atoms with Crippen LogP contribution in [0.2, 0.25) is 0 Å². The number of carbonyl (C=O) groups is 2. The Hall–Kier alpha value is -1.06. The summed E-state index contributed by atoms with van der Waals surface area (Å²) >= 11 is 0. The highest BCUT2D eigenvalue weighted by Crippen LogP contribution is 2.49. The molecule has 1 aliphatic carbocycles. The van der Waals surface area contributed by atoms with Crippen LogP contribution in [-0.4, -0.2) is 23.1 Å². The van der Waals surface area contributed by atoms with Crippen LogP contribution in [0.25, 0.3) is 0 Å².